The first-order valence-electron chi connectivity index (χ1n) is 6.87. The van der Waals surface area contributed by atoms with E-state index in [0.29, 0.717) is 17.9 Å². The van der Waals surface area contributed by atoms with Crippen LogP contribution < -0.4 is 11.1 Å². The maximum Gasteiger partial charge on any atom is 0.274 e. The molecule has 1 heterocycles. The number of likely N-dealkylation sites (N-methyl/N-ethyl adjacent to an activating group) is 1. The molecular formula is C13H25N5O. The predicted molar refractivity (Wildman–Crippen MR) is 77.0 cm³/mol. The molecule has 0 spiro atoms. The second-order valence-corrected chi connectivity index (χ2v) is 4.65. The van der Waals surface area contributed by atoms with Gasteiger partial charge in [-0.2, -0.15) is 5.10 Å². The van der Waals surface area contributed by atoms with Crippen LogP contribution in [0, 0.1) is 0 Å². The third kappa shape index (κ3) is 4.24. The highest BCUT2D eigenvalue weighted by Gasteiger charge is 2.17. The number of hydrogen-bond donors (Lipinski definition) is 2. The number of aromatic nitrogens is 2. The molecule has 6 nitrogen and oxygen atoms in total. The largest absolute Gasteiger partial charge is 0.396 e. The summed E-state index contributed by atoms with van der Waals surface area (Å²) >= 11 is 0. The normalized spacial score (nSPS) is 12.7. The van der Waals surface area contributed by atoms with E-state index in [2.05, 4.69) is 29.2 Å². The smallest absolute Gasteiger partial charge is 0.274 e. The van der Waals surface area contributed by atoms with E-state index in [1.807, 2.05) is 13.8 Å². The molecule has 0 saturated carbocycles. The molecule has 0 saturated heterocycles. The van der Waals surface area contributed by atoms with Crippen LogP contribution in [0.15, 0.2) is 6.20 Å². The Bertz CT molecular complexity index is 411. The maximum absolute atomic E-state index is 12.1. The van der Waals surface area contributed by atoms with Crippen molar-refractivity contribution < 1.29 is 4.79 Å². The average Bonchev–Trinajstić information content (AvgIpc) is 2.77. The van der Waals surface area contributed by atoms with Gasteiger partial charge in [-0.25, -0.2) is 0 Å². The molecule has 6 heteroatoms. The molecule has 1 rings (SSSR count). The molecule has 0 aliphatic heterocycles. The standard InChI is InChI=1S/C13H25N5O/c1-5-17(6-2)8-10(4)15-13(19)12-11(14)9-18(7-3)16-12/h9-10H,5-8,14H2,1-4H3,(H,15,19). The van der Waals surface area contributed by atoms with Crippen LogP contribution in [0.1, 0.15) is 38.2 Å². The van der Waals surface area contributed by atoms with Crippen molar-refractivity contribution in [1.29, 1.82) is 0 Å². The van der Waals surface area contributed by atoms with Gasteiger partial charge in [-0.15, -0.1) is 0 Å². The summed E-state index contributed by atoms with van der Waals surface area (Å²) in [5.41, 5.74) is 6.53. The molecule has 19 heavy (non-hydrogen) atoms. The van der Waals surface area contributed by atoms with Crippen LogP contribution in [-0.4, -0.2) is 46.3 Å². The Balaban J connectivity index is 2.60. The lowest BCUT2D eigenvalue weighted by Crippen LogP contribution is -2.42. The molecule has 1 atom stereocenters. The van der Waals surface area contributed by atoms with E-state index >= 15 is 0 Å². The average molecular weight is 267 g/mol. The van der Waals surface area contributed by atoms with Crippen LogP contribution in [0.4, 0.5) is 5.69 Å². The van der Waals surface area contributed by atoms with E-state index in [0.717, 1.165) is 19.6 Å². The number of nitrogens with two attached hydrogens (primary N) is 1. The lowest BCUT2D eigenvalue weighted by Gasteiger charge is -2.23. The number of nitrogens with one attached hydrogen (secondary N) is 1. The van der Waals surface area contributed by atoms with Crippen LogP contribution in [0.3, 0.4) is 0 Å². The van der Waals surface area contributed by atoms with Crippen molar-refractivity contribution in [3.63, 3.8) is 0 Å². The van der Waals surface area contributed by atoms with Gasteiger partial charge in [-0.1, -0.05) is 13.8 Å². The molecule has 1 unspecified atom stereocenters. The first-order chi connectivity index (χ1) is 9.01. The first kappa shape index (κ1) is 15.5. The summed E-state index contributed by atoms with van der Waals surface area (Å²) in [6.45, 7) is 11.6. The summed E-state index contributed by atoms with van der Waals surface area (Å²) in [5.74, 6) is -0.204. The van der Waals surface area contributed by atoms with Gasteiger partial charge >= 0.3 is 0 Å². The number of nitrogens with zero attached hydrogens (tertiary/aromatic N) is 3. The number of carbonyl (C=O) groups excluding carboxylic acids is 1. The number of hydrogen-bond acceptors (Lipinski definition) is 4. The molecule has 0 bridgehead atoms. The fourth-order valence-corrected chi connectivity index (χ4v) is 1.98. The van der Waals surface area contributed by atoms with Crippen molar-refractivity contribution in [2.24, 2.45) is 0 Å². The number of aryl methyl sites for hydroxylation is 1. The van der Waals surface area contributed by atoms with Gasteiger partial charge in [-0.3, -0.25) is 9.48 Å². The van der Waals surface area contributed by atoms with Gasteiger partial charge in [0.2, 0.25) is 0 Å². The fourth-order valence-electron chi connectivity index (χ4n) is 1.98. The van der Waals surface area contributed by atoms with Crippen molar-refractivity contribution in [2.75, 3.05) is 25.4 Å². The molecule has 1 aromatic rings. The lowest BCUT2D eigenvalue weighted by atomic mass is 10.2. The fraction of sp³-hybridized carbons (Fsp3) is 0.692. The Morgan fingerprint density at radius 3 is 2.58 bits per heavy atom. The van der Waals surface area contributed by atoms with Crippen molar-refractivity contribution in [2.45, 2.75) is 40.3 Å². The van der Waals surface area contributed by atoms with Crippen molar-refractivity contribution in [3.05, 3.63) is 11.9 Å². The van der Waals surface area contributed by atoms with Crippen LogP contribution in [-0.2, 0) is 6.54 Å². The summed E-state index contributed by atoms with van der Waals surface area (Å²) in [4.78, 5) is 14.3. The summed E-state index contributed by atoms with van der Waals surface area (Å²) in [6.07, 6.45) is 1.68. The highest BCUT2D eigenvalue weighted by molar-refractivity contribution is 5.97. The Kier molecular flexibility index (Phi) is 5.82. The highest BCUT2D eigenvalue weighted by Crippen LogP contribution is 2.09. The lowest BCUT2D eigenvalue weighted by molar-refractivity contribution is 0.0925. The van der Waals surface area contributed by atoms with Gasteiger partial charge in [0.15, 0.2) is 5.69 Å². The second-order valence-electron chi connectivity index (χ2n) is 4.65. The monoisotopic (exact) mass is 267 g/mol. The van der Waals surface area contributed by atoms with Gasteiger partial charge in [0, 0.05) is 25.3 Å². The summed E-state index contributed by atoms with van der Waals surface area (Å²) in [6, 6.07) is 0.0681. The van der Waals surface area contributed by atoms with E-state index in [4.69, 9.17) is 5.73 Å². The van der Waals surface area contributed by atoms with Crippen LogP contribution in [0.5, 0.6) is 0 Å². The zero-order chi connectivity index (χ0) is 14.4. The minimum Gasteiger partial charge on any atom is -0.396 e. The topological polar surface area (TPSA) is 76.2 Å². The van der Waals surface area contributed by atoms with E-state index in [1.54, 1.807) is 10.9 Å². The SMILES string of the molecule is CCN(CC)CC(C)NC(=O)c1nn(CC)cc1N. The van der Waals surface area contributed by atoms with Crippen LogP contribution in [0.2, 0.25) is 0 Å². The zero-order valence-electron chi connectivity index (χ0n) is 12.3. The van der Waals surface area contributed by atoms with E-state index in [-0.39, 0.29) is 11.9 Å². The molecule has 3 N–H and O–H groups in total. The predicted octanol–water partition coefficient (Wildman–Crippen LogP) is 0.945. The zero-order valence-corrected chi connectivity index (χ0v) is 12.3. The van der Waals surface area contributed by atoms with Crippen molar-refractivity contribution >= 4 is 11.6 Å². The third-order valence-electron chi connectivity index (χ3n) is 3.13. The Hall–Kier alpha value is -1.56. The minimum absolute atomic E-state index is 0.0681. The number of nitrogen functional groups attached to an aromatic ring is 1. The Morgan fingerprint density at radius 2 is 2.11 bits per heavy atom. The van der Waals surface area contributed by atoms with Gasteiger partial charge in [0.1, 0.15) is 0 Å². The molecule has 0 aliphatic rings. The number of amides is 1. The quantitative estimate of drug-likeness (QED) is 0.771. The maximum atomic E-state index is 12.1. The molecular weight excluding hydrogens is 242 g/mol. The molecule has 0 aliphatic carbocycles. The summed E-state index contributed by atoms with van der Waals surface area (Å²) in [5, 5.41) is 7.10. The van der Waals surface area contributed by atoms with Crippen molar-refractivity contribution in [1.82, 2.24) is 20.0 Å². The van der Waals surface area contributed by atoms with Gasteiger partial charge in [0.05, 0.1) is 5.69 Å². The number of carbonyl (C=O) groups is 1. The minimum atomic E-state index is -0.204. The molecule has 0 aromatic carbocycles. The molecule has 0 fully saturated rings. The summed E-state index contributed by atoms with van der Waals surface area (Å²) < 4.78 is 1.67. The summed E-state index contributed by atoms with van der Waals surface area (Å²) in [7, 11) is 0. The highest BCUT2D eigenvalue weighted by atomic mass is 16.2. The number of rotatable bonds is 7. The van der Waals surface area contributed by atoms with Crippen molar-refractivity contribution in [3.8, 4) is 0 Å². The van der Waals surface area contributed by atoms with Gasteiger partial charge in [-0.05, 0) is 26.9 Å². The van der Waals surface area contributed by atoms with E-state index in [1.165, 1.54) is 0 Å². The molecule has 108 valence electrons. The third-order valence-corrected chi connectivity index (χ3v) is 3.13. The van der Waals surface area contributed by atoms with Crippen LogP contribution >= 0.6 is 0 Å². The number of anilines is 1. The van der Waals surface area contributed by atoms with E-state index < -0.39 is 0 Å². The van der Waals surface area contributed by atoms with Crippen LogP contribution in [0.25, 0.3) is 0 Å². The van der Waals surface area contributed by atoms with E-state index in [9.17, 15) is 4.79 Å². The second kappa shape index (κ2) is 7.13. The molecule has 1 amide bonds. The Labute approximate surface area is 114 Å². The Morgan fingerprint density at radius 1 is 1.47 bits per heavy atom. The molecule has 1 aromatic heterocycles. The van der Waals surface area contributed by atoms with Gasteiger partial charge < -0.3 is 16.0 Å². The van der Waals surface area contributed by atoms with Gasteiger partial charge in [0.25, 0.3) is 5.91 Å². The molecule has 0 radical (unpaired) electrons. The first-order valence-corrected chi connectivity index (χ1v) is 6.87.